The number of nitrogens with one attached hydrogen (secondary N) is 2. The number of amides is 1. The van der Waals surface area contributed by atoms with E-state index in [4.69, 9.17) is 4.98 Å². The van der Waals surface area contributed by atoms with Gasteiger partial charge in [0, 0.05) is 11.8 Å². The molecule has 5 aliphatic carbocycles. The predicted octanol–water partition coefficient (Wildman–Crippen LogP) is 5.50. The van der Waals surface area contributed by atoms with Crippen LogP contribution in [0.15, 0.2) is 30.3 Å². The number of nitrogens with zero attached hydrogens (tertiary/aromatic N) is 1. The maximum Gasteiger partial charge on any atom is 0.224 e. The first kappa shape index (κ1) is 20.5. The molecule has 0 spiro atoms. The Bertz CT molecular complexity index is 984. The van der Waals surface area contributed by atoms with Crippen LogP contribution < -0.4 is 10.6 Å². The molecule has 5 heteroatoms. The Balaban J connectivity index is 1.16. The minimum atomic E-state index is -0.309. The molecule has 5 saturated carbocycles. The summed E-state index contributed by atoms with van der Waals surface area (Å²) in [5.41, 5.74) is 1.97. The summed E-state index contributed by atoms with van der Waals surface area (Å²) in [6.45, 7) is 0. The number of benzene rings is 1. The van der Waals surface area contributed by atoms with E-state index < -0.39 is 0 Å². The van der Waals surface area contributed by atoms with Crippen molar-refractivity contribution in [1.82, 2.24) is 4.98 Å². The molecule has 1 heterocycles. The van der Waals surface area contributed by atoms with Crippen molar-refractivity contribution in [3.8, 4) is 0 Å². The lowest BCUT2D eigenvalue weighted by molar-refractivity contribution is -0.124. The summed E-state index contributed by atoms with van der Waals surface area (Å²) in [5, 5.41) is 17.9. The summed E-state index contributed by atoms with van der Waals surface area (Å²) in [7, 11) is 0. The highest BCUT2D eigenvalue weighted by Gasteiger charge is 2.51. The number of hydrogen-bond donors (Lipinski definition) is 3. The number of aromatic nitrogens is 1. The highest BCUT2D eigenvalue weighted by atomic mass is 16.3. The van der Waals surface area contributed by atoms with Crippen molar-refractivity contribution in [1.29, 1.82) is 0 Å². The van der Waals surface area contributed by atoms with Crippen molar-refractivity contribution in [2.75, 3.05) is 10.6 Å². The van der Waals surface area contributed by atoms with Crippen LogP contribution in [0.3, 0.4) is 0 Å². The highest BCUT2D eigenvalue weighted by Crippen LogP contribution is 2.61. The van der Waals surface area contributed by atoms with Crippen molar-refractivity contribution in [2.45, 2.75) is 82.8 Å². The van der Waals surface area contributed by atoms with E-state index in [-0.39, 0.29) is 23.5 Å². The SMILES string of the molecule is O=C(CC12CC3CC(CC(C3)C1)C2)Nc1cccc2nc(NC3CCCC[C@@H]3O)ccc12. The number of hydrogen-bond acceptors (Lipinski definition) is 4. The van der Waals surface area contributed by atoms with Crippen molar-refractivity contribution in [2.24, 2.45) is 23.2 Å². The zero-order valence-electron chi connectivity index (χ0n) is 18.9. The Labute approximate surface area is 190 Å². The van der Waals surface area contributed by atoms with Gasteiger partial charge in [0.2, 0.25) is 5.91 Å². The van der Waals surface area contributed by atoms with Gasteiger partial charge in [0.25, 0.3) is 0 Å². The topological polar surface area (TPSA) is 74.2 Å². The van der Waals surface area contributed by atoms with Crippen molar-refractivity contribution in [3.63, 3.8) is 0 Å². The van der Waals surface area contributed by atoms with Gasteiger partial charge in [0.05, 0.1) is 23.3 Å². The van der Waals surface area contributed by atoms with Crippen LogP contribution in [-0.4, -0.2) is 28.1 Å². The zero-order chi connectivity index (χ0) is 21.7. The molecule has 3 N–H and O–H groups in total. The first-order valence-electron chi connectivity index (χ1n) is 12.7. The first-order valence-corrected chi connectivity index (χ1v) is 12.7. The van der Waals surface area contributed by atoms with Gasteiger partial charge in [-0.2, -0.15) is 0 Å². The Morgan fingerprint density at radius 2 is 1.72 bits per heavy atom. The summed E-state index contributed by atoms with van der Waals surface area (Å²) in [4.78, 5) is 17.9. The quantitative estimate of drug-likeness (QED) is 0.582. The van der Waals surface area contributed by atoms with E-state index in [9.17, 15) is 9.90 Å². The van der Waals surface area contributed by atoms with Crippen LogP contribution in [0.25, 0.3) is 10.9 Å². The minimum Gasteiger partial charge on any atom is -0.391 e. The van der Waals surface area contributed by atoms with Crippen LogP contribution >= 0.6 is 0 Å². The van der Waals surface area contributed by atoms with Crippen LogP contribution in [0.4, 0.5) is 11.5 Å². The van der Waals surface area contributed by atoms with Crippen molar-refractivity contribution in [3.05, 3.63) is 30.3 Å². The first-order chi connectivity index (χ1) is 15.6. The van der Waals surface area contributed by atoms with Gasteiger partial charge in [-0.3, -0.25) is 4.79 Å². The third-order valence-corrected chi connectivity index (χ3v) is 8.77. The number of aliphatic hydroxyl groups excluding tert-OH is 1. The second-order valence-corrected chi connectivity index (χ2v) is 11.3. The van der Waals surface area contributed by atoms with Gasteiger partial charge < -0.3 is 15.7 Å². The monoisotopic (exact) mass is 433 g/mol. The number of fused-ring (bicyclic) bond motifs is 1. The second-order valence-electron chi connectivity index (χ2n) is 11.3. The van der Waals surface area contributed by atoms with Crippen molar-refractivity contribution >= 4 is 28.3 Å². The number of anilines is 2. The Hall–Kier alpha value is -2.14. The molecule has 2 atom stereocenters. The maximum absolute atomic E-state index is 13.1. The molecule has 4 bridgehead atoms. The van der Waals surface area contributed by atoms with Gasteiger partial charge >= 0.3 is 0 Å². The molecular weight excluding hydrogens is 398 g/mol. The lowest BCUT2D eigenvalue weighted by atomic mass is 9.49. The lowest BCUT2D eigenvalue weighted by Crippen LogP contribution is -2.47. The molecule has 1 unspecified atom stereocenters. The standard InChI is InChI=1S/C27H35N3O2/c31-24-7-2-1-4-23(24)29-25-9-8-20-21(28-25)5-3-6-22(20)30-26(32)16-27-13-17-10-18(14-27)12-19(11-17)15-27/h3,5-6,8-9,17-19,23-24,31H,1-2,4,7,10-16H2,(H,28,29)(H,30,32)/t17?,18?,19?,23?,24-,27?/m0/s1. The molecule has 0 radical (unpaired) electrons. The van der Waals surface area contributed by atoms with Crippen molar-refractivity contribution < 1.29 is 9.90 Å². The molecule has 5 aliphatic rings. The van der Waals surface area contributed by atoms with Gasteiger partial charge in [0.15, 0.2) is 0 Å². The molecule has 1 aromatic carbocycles. The lowest BCUT2D eigenvalue weighted by Gasteiger charge is -2.56. The Morgan fingerprint density at radius 1 is 1.00 bits per heavy atom. The number of pyridine rings is 1. The van der Waals surface area contributed by atoms with E-state index in [0.29, 0.717) is 6.42 Å². The zero-order valence-corrected chi connectivity index (χ0v) is 18.9. The summed E-state index contributed by atoms with van der Waals surface area (Å²) in [6.07, 6.45) is 12.4. The molecule has 5 fully saturated rings. The minimum absolute atomic E-state index is 0.0665. The predicted molar refractivity (Wildman–Crippen MR) is 127 cm³/mol. The molecule has 2 aromatic rings. The fourth-order valence-electron chi connectivity index (χ4n) is 7.86. The molecule has 0 saturated heterocycles. The van der Waals surface area contributed by atoms with E-state index in [1.807, 2.05) is 30.3 Å². The Morgan fingerprint density at radius 3 is 2.44 bits per heavy atom. The largest absolute Gasteiger partial charge is 0.391 e. The van der Waals surface area contributed by atoms with Gasteiger partial charge in [-0.15, -0.1) is 0 Å². The van der Waals surface area contributed by atoms with E-state index in [2.05, 4.69) is 10.6 Å². The number of carbonyl (C=O) groups excluding carboxylic acids is 1. The third kappa shape index (κ3) is 3.89. The molecular formula is C27H35N3O2. The number of aliphatic hydroxyl groups is 1. The summed E-state index contributed by atoms with van der Waals surface area (Å²) < 4.78 is 0. The van der Waals surface area contributed by atoms with Gasteiger partial charge in [-0.05, 0) is 98.8 Å². The van der Waals surface area contributed by atoms with Crippen LogP contribution in [0.5, 0.6) is 0 Å². The smallest absolute Gasteiger partial charge is 0.224 e. The van der Waals surface area contributed by atoms with Crippen LogP contribution in [0.2, 0.25) is 0 Å². The molecule has 1 aromatic heterocycles. The molecule has 5 nitrogen and oxygen atoms in total. The molecule has 32 heavy (non-hydrogen) atoms. The summed E-state index contributed by atoms with van der Waals surface area (Å²) >= 11 is 0. The number of rotatable bonds is 5. The third-order valence-electron chi connectivity index (χ3n) is 8.77. The average Bonchev–Trinajstić information content (AvgIpc) is 2.74. The van der Waals surface area contributed by atoms with E-state index in [1.165, 1.54) is 38.5 Å². The summed E-state index contributed by atoms with van der Waals surface area (Å²) in [5.74, 6) is 3.55. The van der Waals surface area contributed by atoms with Gasteiger partial charge in [0.1, 0.15) is 5.82 Å². The fraction of sp³-hybridized carbons (Fsp3) is 0.630. The van der Waals surface area contributed by atoms with E-state index in [1.54, 1.807) is 0 Å². The fourth-order valence-corrected chi connectivity index (χ4v) is 7.86. The van der Waals surface area contributed by atoms with Crippen LogP contribution in [0, 0.1) is 23.2 Å². The summed E-state index contributed by atoms with van der Waals surface area (Å²) in [6, 6.07) is 10.0. The Kier molecular flexibility index (Phi) is 5.13. The van der Waals surface area contributed by atoms with Gasteiger partial charge in [-0.1, -0.05) is 18.9 Å². The van der Waals surface area contributed by atoms with E-state index in [0.717, 1.165) is 65.8 Å². The highest BCUT2D eigenvalue weighted by molar-refractivity contribution is 6.01. The normalized spacial score (nSPS) is 35.7. The molecule has 0 aliphatic heterocycles. The number of carbonyl (C=O) groups is 1. The average molecular weight is 434 g/mol. The molecule has 1 amide bonds. The molecule has 170 valence electrons. The molecule has 7 rings (SSSR count). The maximum atomic E-state index is 13.1. The van der Waals surface area contributed by atoms with Crippen LogP contribution in [-0.2, 0) is 4.79 Å². The second kappa shape index (κ2) is 8.02. The van der Waals surface area contributed by atoms with Gasteiger partial charge in [-0.25, -0.2) is 4.98 Å². The van der Waals surface area contributed by atoms with E-state index >= 15 is 0 Å². The van der Waals surface area contributed by atoms with Crippen LogP contribution in [0.1, 0.15) is 70.6 Å².